The average molecular weight is 288 g/mol. The van der Waals surface area contributed by atoms with Gasteiger partial charge in [0.1, 0.15) is 0 Å². The Morgan fingerprint density at radius 1 is 1.28 bits per heavy atom. The second kappa shape index (κ2) is 5.65. The van der Waals surface area contributed by atoms with Gasteiger partial charge < -0.3 is 10.0 Å². The zero-order chi connectivity index (χ0) is 12.6. The number of aliphatic carboxylic acids is 1. The predicted molar refractivity (Wildman–Crippen MR) is 61.7 cm³/mol. The number of carboxylic acid groups (broad SMARTS) is 1. The first-order valence-corrected chi connectivity index (χ1v) is 5.90. The number of alkyl halides is 3. The smallest absolute Gasteiger partial charge is 0.393 e. The van der Waals surface area contributed by atoms with Crippen LogP contribution in [0.4, 0.5) is 13.2 Å². The number of carboxylic acids is 1. The zero-order valence-corrected chi connectivity index (χ0v) is 10.6. The summed E-state index contributed by atoms with van der Waals surface area (Å²) in [6, 6.07) is 0. The van der Waals surface area contributed by atoms with Crippen LogP contribution in [-0.2, 0) is 4.79 Å². The third-order valence-corrected chi connectivity index (χ3v) is 3.87. The third-order valence-electron chi connectivity index (χ3n) is 3.87. The molecule has 1 N–H and O–H groups in total. The topological polar surface area (TPSA) is 40.5 Å². The van der Waals surface area contributed by atoms with Gasteiger partial charge in [0.15, 0.2) is 0 Å². The standard InChI is InChI=1S/C11H16F3NO2.ClH/c12-11(13,14)9-6-15(4-7-2-1-3-7)5-8(9)10(16)17;/h7-9H,1-6H2,(H,16,17);1H/t8-,9-;/m1./s1. The molecule has 0 aromatic carbocycles. The van der Waals surface area contributed by atoms with Crippen molar-refractivity contribution in [2.24, 2.45) is 17.8 Å². The quantitative estimate of drug-likeness (QED) is 0.866. The molecule has 2 fully saturated rings. The van der Waals surface area contributed by atoms with Gasteiger partial charge in [-0.1, -0.05) is 6.42 Å². The predicted octanol–water partition coefficient (Wildman–Crippen LogP) is 2.40. The van der Waals surface area contributed by atoms with Crippen molar-refractivity contribution in [3.63, 3.8) is 0 Å². The fraction of sp³-hybridized carbons (Fsp3) is 0.909. The van der Waals surface area contributed by atoms with Gasteiger partial charge >= 0.3 is 12.1 Å². The Kier molecular flexibility index (Phi) is 4.89. The molecule has 3 nitrogen and oxygen atoms in total. The van der Waals surface area contributed by atoms with Crippen LogP contribution in [0.15, 0.2) is 0 Å². The molecule has 2 rings (SSSR count). The van der Waals surface area contributed by atoms with Gasteiger partial charge in [-0.05, 0) is 18.8 Å². The summed E-state index contributed by atoms with van der Waals surface area (Å²) in [6.07, 6.45) is -1.14. The normalized spacial score (nSPS) is 29.7. The van der Waals surface area contributed by atoms with E-state index in [1.807, 2.05) is 0 Å². The molecule has 2 atom stereocenters. The van der Waals surface area contributed by atoms with E-state index in [0.29, 0.717) is 12.5 Å². The van der Waals surface area contributed by atoms with Crippen LogP contribution >= 0.6 is 12.4 Å². The van der Waals surface area contributed by atoms with Crippen molar-refractivity contribution in [3.8, 4) is 0 Å². The minimum absolute atomic E-state index is 0. The van der Waals surface area contributed by atoms with Crippen molar-refractivity contribution in [1.29, 1.82) is 0 Å². The van der Waals surface area contributed by atoms with Crippen LogP contribution in [0.25, 0.3) is 0 Å². The number of halogens is 4. The Labute approximate surface area is 110 Å². The molecule has 1 saturated heterocycles. The summed E-state index contributed by atoms with van der Waals surface area (Å²) in [4.78, 5) is 12.5. The van der Waals surface area contributed by atoms with Crippen LogP contribution < -0.4 is 0 Å². The number of likely N-dealkylation sites (tertiary alicyclic amines) is 1. The lowest BCUT2D eigenvalue weighted by Crippen LogP contribution is -2.34. The summed E-state index contributed by atoms with van der Waals surface area (Å²) in [5.74, 6) is -3.87. The van der Waals surface area contributed by atoms with Crippen molar-refractivity contribution in [3.05, 3.63) is 0 Å². The summed E-state index contributed by atoms with van der Waals surface area (Å²) < 4.78 is 38.1. The molecule has 0 amide bonds. The lowest BCUT2D eigenvalue weighted by atomic mass is 9.85. The van der Waals surface area contributed by atoms with Crippen LogP contribution in [-0.4, -0.2) is 41.8 Å². The van der Waals surface area contributed by atoms with Crippen LogP contribution in [0.3, 0.4) is 0 Å². The Morgan fingerprint density at radius 2 is 1.89 bits per heavy atom. The maximum Gasteiger partial charge on any atom is 0.393 e. The van der Waals surface area contributed by atoms with Gasteiger partial charge in [0.05, 0.1) is 11.8 Å². The van der Waals surface area contributed by atoms with Gasteiger partial charge in [-0.25, -0.2) is 0 Å². The SMILES string of the molecule is Cl.O=C(O)[C@@H]1CN(CC2CCC2)C[C@H]1C(F)(F)F. The van der Waals surface area contributed by atoms with E-state index in [-0.39, 0.29) is 25.5 Å². The molecule has 7 heteroatoms. The van der Waals surface area contributed by atoms with E-state index >= 15 is 0 Å². The van der Waals surface area contributed by atoms with Gasteiger partial charge in [0, 0.05) is 19.6 Å². The fourth-order valence-electron chi connectivity index (χ4n) is 2.66. The summed E-state index contributed by atoms with van der Waals surface area (Å²) in [6.45, 7) is 0.503. The van der Waals surface area contributed by atoms with Crippen molar-refractivity contribution in [2.75, 3.05) is 19.6 Å². The maximum absolute atomic E-state index is 12.7. The molecule has 1 saturated carbocycles. The minimum atomic E-state index is -4.41. The lowest BCUT2D eigenvalue weighted by Gasteiger charge is -2.30. The first-order chi connectivity index (χ1) is 7.88. The van der Waals surface area contributed by atoms with Crippen LogP contribution in [0.2, 0.25) is 0 Å². The van der Waals surface area contributed by atoms with E-state index < -0.39 is 24.0 Å². The first kappa shape index (κ1) is 15.6. The highest BCUT2D eigenvalue weighted by atomic mass is 35.5. The molecule has 106 valence electrons. The van der Waals surface area contributed by atoms with E-state index in [9.17, 15) is 18.0 Å². The molecule has 0 aromatic rings. The summed E-state index contributed by atoms with van der Waals surface area (Å²) in [5.41, 5.74) is 0. The van der Waals surface area contributed by atoms with Gasteiger partial charge in [0.2, 0.25) is 0 Å². The highest BCUT2D eigenvalue weighted by Crippen LogP contribution is 2.39. The number of carbonyl (C=O) groups is 1. The number of rotatable bonds is 3. The van der Waals surface area contributed by atoms with E-state index in [4.69, 9.17) is 5.11 Å². The van der Waals surface area contributed by atoms with Gasteiger partial charge in [-0.3, -0.25) is 4.79 Å². The monoisotopic (exact) mass is 287 g/mol. The number of hydrogen-bond acceptors (Lipinski definition) is 2. The van der Waals surface area contributed by atoms with E-state index in [1.165, 1.54) is 0 Å². The van der Waals surface area contributed by atoms with Crippen molar-refractivity contribution in [1.82, 2.24) is 4.90 Å². The zero-order valence-electron chi connectivity index (χ0n) is 9.82. The Bertz CT molecular complexity index is 307. The third kappa shape index (κ3) is 3.29. The largest absolute Gasteiger partial charge is 0.481 e. The molecule has 0 bridgehead atoms. The van der Waals surface area contributed by atoms with Crippen LogP contribution in [0, 0.1) is 17.8 Å². The molecule has 0 unspecified atom stereocenters. The average Bonchev–Trinajstić information content (AvgIpc) is 2.54. The summed E-state index contributed by atoms with van der Waals surface area (Å²) in [5, 5.41) is 8.84. The molecule has 0 radical (unpaired) electrons. The highest BCUT2D eigenvalue weighted by molar-refractivity contribution is 5.85. The minimum Gasteiger partial charge on any atom is -0.481 e. The molecular formula is C11H17ClF3NO2. The van der Waals surface area contributed by atoms with Crippen LogP contribution in [0.5, 0.6) is 0 Å². The van der Waals surface area contributed by atoms with E-state index in [2.05, 4.69) is 0 Å². The molecule has 1 aliphatic heterocycles. The van der Waals surface area contributed by atoms with Gasteiger partial charge in [-0.15, -0.1) is 12.4 Å². The second-order valence-electron chi connectivity index (χ2n) is 5.11. The highest BCUT2D eigenvalue weighted by Gasteiger charge is 2.52. The molecule has 0 aromatic heterocycles. The Morgan fingerprint density at radius 3 is 2.22 bits per heavy atom. The summed E-state index contributed by atoms with van der Waals surface area (Å²) in [7, 11) is 0. The van der Waals surface area contributed by atoms with Crippen LogP contribution in [0.1, 0.15) is 19.3 Å². The van der Waals surface area contributed by atoms with E-state index in [0.717, 1.165) is 19.3 Å². The molecule has 1 heterocycles. The first-order valence-electron chi connectivity index (χ1n) is 5.90. The van der Waals surface area contributed by atoms with Gasteiger partial charge in [-0.2, -0.15) is 13.2 Å². The second-order valence-corrected chi connectivity index (χ2v) is 5.11. The van der Waals surface area contributed by atoms with Gasteiger partial charge in [0.25, 0.3) is 0 Å². The van der Waals surface area contributed by atoms with Crippen molar-refractivity contribution < 1.29 is 23.1 Å². The van der Waals surface area contributed by atoms with E-state index in [1.54, 1.807) is 4.90 Å². The summed E-state index contributed by atoms with van der Waals surface area (Å²) >= 11 is 0. The number of hydrogen-bond donors (Lipinski definition) is 1. The molecule has 0 spiro atoms. The Balaban J connectivity index is 0.00000162. The lowest BCUT2D eigenvalue weighted by molar-refractivity contribution is -0.188. The molecular weight excluding hydrogens is 271 g/mol. The van der Waals surface area contributed by atoms with Crippen molar-refractivity contribution >= 4 is 18.4 Å². The molecule has 18 heavy (non-hydrogen) atoms. The molecule has 1 aliphatic carbocycles. The number of nitrogens with zero attached hydrogens (tertiary/aromatic N) is 1. The van der Waals surface area contributed by atoms with Crippen molar-refractivity contribution in [2.45, 2.75) is 25.4 Å². The fourth-order valence-corrected chi connectivity index (χ4v) is 2.66. The molecule has 2 aliphatic rings. The maximum atomic E-state index is 12.7. The Hall–Kier alpha value is -0.490.